The van der Waals surface area contributed by atoms with Crippen LogP contribution in [0.3, 0.4) is 0 Å². The molecule has 1 saturated carbocycles. The highest BCUT2D eigenvalue weighted by molar-refractivity contribution is 6.06. The van der Waals surface area contributed by atoms with E-state index in [4.69, 9.17) is 5.73 Å². The highest BCUT2D eigenvalue weighted by Gasteiger charge is 2.43. The standard InChI is InChI=1S/C24H25F2N5O3/c1-12-8-13(9-19(32)24(12,2)34)14-5-7-28-11-18(14)30-23(33)22-17(27)10-16(26)21(31-22)20-15(25)4-3-6-29-20/h3-7,10-13,19,32,34H,8-9,27H2,1-2H3,(H,30,33)/t12-,13+,19+,24-/m0/s1. The van der Waals surface area contributed by atoms with Gasteiger partial charge in [-0.1, -0.05) is 6.92 Å². The van der Waals surface area contributed by atoms with Crippen LogP contribution >= 0.6 is 0 Å². The third kappa shape index (κ3) is 4.34. The first-order chi connectivity index (χ1) is 16.1. The molecule has 8 nitrogen and oxygen atoms in total. The van der Waals surface area contributed by atoms with Crippen LogP contribution in [-0.2, 0) is 0 Å². The normalized spacial score (nSPS) is 24.6. The molecule has 0 aliphatic heterocycles. The van der Waals surface area contributed by atoms with Crippen molar-refractivity contribution in [3.63, 3.8) is 0 Å². The highest BCUT2D eigenvalue weighted by Crippen LogP contribution is 2.43. The van der Waals surface area contributed by atoms with Crippen LogP contribution in [0.1, 0.15) is 48.7 Å². The van der Waals surface area contributed by atoms with Crippen molar-refractivity contribution in [3.05, 3.63) is 65.7 Å². The fraction of sp³-hybridized carbons (Fsp3) is 0.333. The van der Waals surface area contributed by atoms with Gasteiger partial charge in [0, 0.05) is 18.5 Å². The molecule has 0 radical (unpaired) electrons. The number of pyridine rings is 3. The van der Waals surface area contributed by atoms with Crippen molar-refractivity contribution >= 4 is 17.3 Å². The van der Waals surface area contributed by atoms with Gasteiger partial charge in [0.2, 0.25) is 0 Å². The molecule has 4 atom stereocenters. The number of halogens is 2. The Morgan fingerprint density at radius 2 is 1.97 bits per heavy atom. The van der Waals surface area contributed by atoms with Gasteiger partial charge in [-0.2, -0.15) is 0 Å². The van der Waals surface area contributed by atoms with Crippen molar-refractivity contribution in [1.29, 1.82) is 0 Å². The van der Waals surface area contributed by atoms with Gasteiger partial charge >= 0.3 is 0 Å². The van der Waals surface area contributed by atoms with Crippen LogP contribution in [0.5, 0.6) is 0 Å². The molecule has 3 aromatic heterocycles. The van der Waals surface area contributed by atoms with E-state index >= 15 is 0 Å². The molecule has 4 rings (SSSR count). The largest absolute Gasteiger partial charge is 0.397 e. The van der Waals surface area contributed by atoms with Crippen LogP contribution in [0.2, 0.25) is 0 Å². The Hall–Kier alpha value is -3.50. The average Bonchev–Trinajstić information content (AvgIpc) is 2.78. The Kier molecular flexibility index (Phi) is 6.28. The molecule has 178 valence electrons. The summed E-state index contributed by atoms with van der Waals surface area (Å²) in [7, 11) is 0. The monoisotopic (exact) mass is 469 g/mol. The predicted octanol–water partition coefficient (Wildman–Crippen LogP) is 3.28. The summed E-state index contributed by atoms with van der Waals surface area (Å²) in [5, 5.41) is 23.7. The van der Waals surface area contributed by atoms with Crippen molar-refractivity contribution < 1.29 is 23.8 Å². The minimum absolute atomic E-state index is 0.153. The first-order valence-corrected chi connectivity index (χ1v) is 10.8. The van der Waals surface area contributed by atoms with Crippen LogP contribution in [0.4, 0.5) is 20.2 Å². The molecule has 1 fully saturated rings. The molecule has 5 N–H and O–H groups in total. The van der Waals surface area contributed by atoms with Crippen molar-refractivity contribution in [3.8, 4) is 11.4 Å². The molecule has 1 amide bonds. The summed E-state index contributed by atoms with van der Waals surface area (Å²) >= 11 is 0. The third-order valence-corrected chi connectivity index (χ3v) is 6.56. The number of hydrogen-bond donors (Lipinski definition) is 4. The second kappa shape index (κ2) is 9.03. The molecule has 1 aliphatic rings. The molecular weight excluding hydrogens is 444 g/mol. The number of aromatic nitrogens is 3. The van der Waals surface area contributed by atoms with E-state index in [2.05, 4.69) is 20.3 Å². The van der Waals surface area contributed by atoms with Crippen LogP contribution in [-0.4, -0.2) is 42.8 Å². The van der Waals surface area contributed by atoms with Crippen LogP contribution in [0, 0.1) is 17.6 Å². The Morgan fingerprint density at radius 1 is 1.21 bits per heavy atom. The molecule has 1 aliphatic carbocycles. The molecular formula is C24H25F2N5O3. The second-order valence-electron chi connectivity index (χ2n) is 8.82. The molecule has 0 aromatic carbocycles. The van der Waals surface area contributed by atoms with E-state index in [1.807, 2.05) is 6.92 Å². The van der Waals surface area contributed by atoms with E-state index in [1.54, 1.807) is 19.2 Å². The van der Waals surface area contributed by atoms with Gasteiger partial charge < -0.3 is 21.3 Å². The maximum atomic E-state index is 14.5. The summed E-state index contributed by atoms with van der Waals surface area (Å²) in [6.07, 6.45) is 4.25. The molecule has 0 saturated heterocycles. The van der Waals surface area contributed by atoms with Gasteiger partial charge in [-0.15, -0.1) is 0 Å². The number of carbonyl (C=O) groups is 1. The minimum atomic E-state index is -1.21. The molecule has 0 bridgehead atoms. The molecule has 10 heteroatoms. The topological polar surface area (TPSA) is 134 Å². The van der Waals surface area contributed by atoms with Crippen molar-refractivity contribution in [2.24, 2.45) is 5.92 Å². The van der Waals surface area contributed by atoms with Gasteiger partial charge in [0.1, 0.15) is 11.4 Å². The second-order valence-corrected chi connectivity index (χ2v) is 8.82. The van der Waals surface area contributed by atoms with Crippen LogP contribution in [0.25, 0.3) is 11.4 Å². The quantitative estimate of drug-likeness (QED) is 0.461. The van der Waals surface area contributed by atoms with E-state index in [-0.39, 0.29) is 28.9 Å². The number of nitrogen functional groups attached to an aromatic ring is 1. The van der Waals surface area contributed by atoms with E-state index in [9.17, 15) is 23.8 Å². The number of nitrogens with one attached hydrogen (secondary N) is 1. The Bertz CT molecular complexity index is 1220. The van der Waals surface area contributed by atoms with Crippen LogP contribution in [0.15, 0.2) is 42.9 Å². The Balaban J connectivity index is 1.65. The summed E-state index contributed by atoms with van der Waals surface area (Å²) in [5.74, 6) is -2.78. The lowest BCUT2D eigenvalue weighted by atomic mass is 9.69. The van der Waals surface area contributed by atoms with Gasteiger partial charge in [-0.25, -0.2) is 13.8 Å². The molecule has 3 heterocycles. The van der Waals surface area contributed by atoms with E-state index in [0.29, 0.717) is 18.5 Å². The molecule has 0 spiro atoms. The summed E-state index contributed by atoms with van der Waals surface area (Å²) in [4.78, 5) is 24.9. The summed E-state index contributed by atoms with van der Waals surface area (Å²) in [6.45, 7) is 3.47. The number of anilines is 2. The zero-order valence-corrected chi connectivity index (χ0v) is 18.7. The number of nitrogens with zero attached hydrogens (tertiary/aromatic N) is 3. The maximum absolute atomic E-state index is 14.5. The first kappa shape index (κ1) is 23.7. The maximum Gasteiger partial charge on any atom is 0.276 e. The number of aliphatic hydroxyl groups excluding tert-OH is 1. The number of nitrogens with two attached hydrogens (primary N) is 1. The molecule has 3 aromatic rings. The van der Waals surface area contributed by atoms with Crippen molar-refractivity contribution in [2.75, 3.05) is 11.1 Å². The van der Waals surface area contributed by atoms with Gasteiger partial charge in [0.05, 0.1) is 29.3 Å². The lowest BCUT2D eigenvalue weighted by Crippen LogP contribution is -2.49. The van der Waals surface area contributed by atoms with E-state index < -0.39 is 34.9 Å². The SMILES string of the molecule is C[C@H]1C[C@@H](c2ccncc2NC(=O)c2nc(-c3ncccc3F)c(F)cc2N)C[C@@H](O)[C@@]1(C)O. The average molecular weight is 469 g/mol. The highest BCUT2D eigenvalue weighted by atomic mass is 19.1. The lowest BCUT2D eigenvalue weighted by Gasteiger charge is -2.43. The fourth-order valence-corrected chi connectivity index (χ4v) is 4.31. The van der Waals surface area contributed by atoms with Crippen LogP contribution < -0.4 is 11.1 Å². The van der Waals surface area contributed by atoms with E-state index in [0.717, 1.165) is 17.7 Å². The van der Waals surface area contributed by atoms with E-state index in [1.165, 1.54) is 18.5 Å². The van der Waals surface area contributed by atoms with Crippen molar-refractivity contribution in [1.82, 2.24) is 15.0 Å². The zero-order valence-electron chi connectivity index (χ0n) is 18.7. The number of aliphatic hydroxyl groups is 2. The number of rotatable bonds is 4. The predicted molar refractivity (Wildman–Crippen MR) is 122 cm³/mol. The smallest absolute Gasteiger partial charge is 0.276 e. The molecule has 0 unspecified atom stereocenters. The first-order valence-electron chi connectivity index (χ1n) is 10.8. The number of hydrogen-bond acceptors (Lipinski definition) is 7. The Labute approximate surface area is 194 Å². The lowest BCUT2D eigenvalue weighted by molar-refractivity contribution is -0.123. The molecule has 34 heavy (non-hydrogen) atoms. The van der Waals surface area contributed by atoms with Gasteiger partial charge in [-0.3, -0.25) is 14.8 Å². The summed E-state index contributed by atoms with van der Waals surface area (Å²) in [5.41, 5.74) is 4.44. The number of carbonyl (C=O) groups excluding carboxylic acids is 1. The van der Waals surface area contributed by atoms with Gasteiger partial charge in [0.15, 0.2) is 17.3 Å². The zero-order chi connectivity index (χ0) is 24.6. The third-order valence-electron chi connectivity index (χ3n) is 6.56. The minimum Gasteiger partial charge on any atom is -0.397 e. The Morgan fingerprint density at radius 3 is 2.68 bits per heavy atom. The van der Waals surface area contributed by atoms with Gasteiger partial charge in [-0.05, 0) is 55.4 Å². The van der Waals surface area contributed by atoms with Crippen molar-refractivity contribution in [2.45, 2.75) is 44.3 Å². The summed E-state index contributed by atoms with van der Waals surface area (Å²) in [6, 6.07) is 5.10. The fourth-order valence-electron chi connectivity index (χ4n) is 4.31. The summed E-state index contributed by atoms with van der Waals surface area (Å²) < 4.78 is 28.7. The van der Waals surface area contributed by atoms with Gasteiger partial charge in [0.25, 0.3) is 5.91 Å². The number of amides is 1.